The molecule has 2 aromatic rings. The first kappa shape index (κ1) is 9.58. The summed E-state index contributed by atoms with van der Waals surface area (Å²) in [6, 6.07) is 3.82. The van der Waals surface area contributed by atoms with E-state index in [1.54, 1.807) is 6.20 Å². The molecule has 0 amide bonds. The number of hydrogen-bond donors (Lipinski definition) is 2. The first-order valence-corrected chi connectivity index (χ1v) is 4.60. The van der Waals surface area contributed by atoms with E-state index >= 15 is 0 Å². The Morgan fingerprint density at radius 2 is 1.87 bits per heavy atom. The van der Waals surface area contributed by atoms with Gasteiger partial charge >= 0.3 is 0 Å². The highest BCUT2D eigenvalue weighted by Gasteiger charge is 2.08. The van der Waals surface area contributed by atoms with E-state index in [0.29, 0.717) is 11.5 Å². The second-order valence-corrected chi connectivity index (χ2v) is 3.52. The Labute approximate surface area is 87.4 Å². The summed E-state index contributed by atoms with van der Waals surface area (Å²) >= 11 is 0. The summed E-state index contributed by atoms with van der Waals surface area (Å²) in [6.07, 6.45) is 1.57. The van der Waals surface area contributed by atoms with Gasteiger partial charge in [0.05, 0.1) is 6.20 Å². The van der Waals surface area contributed by atoms with Gasteiger partial charge < -0.3 is 15.3 Å². The Kier molecular flexibility index (Phi) is 2.11. The van der Waals surface area contributed by atoms with E-state index in [4.69, 9.17) is 10.2 Å². The zero-order valence-corrected chi connectivity index (χ0v) is 8.61. The van der Waals surface area contributed by atoms with Gasteiger partial charge in [0.15, 0.2) is 5.76 Å². The summed E-state index contributed by atoms with van der Waals surface area (Å²) in [4.78, 5) is 3.82. The van der Waals surface area contributed by atoms with Crippen LogP contribution >= 0.6 is 0 Å². The lowest BCUT2D eigenvalue weighted by molar-refractivity contribution is 0.467. The van der Waals surface area contributed by atoms with E-state index in [-0.39, 0.29) is 6.01 Å². The molecular weight excluding hydrogens is 192 g/mol. The minimum Gasteiger partial charge on any atom is -0.507 e. The smallest absolute Gasteiger partial charge is 0.292 e. The van der Waals surface area contributed by atoms with Crippen molar-refractivity contribution >= 4 is 6.01 Å². The second kappa shape index (κ2) is 3.31. The molecule has 0 aliphatic rings. The molecule has 0 aliphatic carbocycles. The van der Waals surface area contributed by atoms with Crippen molar-refractivity contribution in [1.29, 1.82) is 0 Å². The van der Waals surface area contributed by atoms with E-state index in [9.17, 15) is 5.11 Å². The average molecular weight is 204 g/mol. The second-order valence-electron chi connectivity index (χ2n) is 3.52. The number of aryl methyl sites for hydroxylation is 2. The lowest BCUT2D eigenvalue weighted by Gasteiger charge is -2.05. The molecule has 4 nitrogen and oxygen atoms in total. The molecule has 0 spiro atoms. The molecule has 0 fully saturated rings. The van der Waals surface area contributed by atoms with Crippen LogP contribution in [0.2, 0.25) is 0 Å². The maximum Gasteiger partial charge on any atom is 0.292 e. The topological polar surface area (TPSA) is 72.3 Å². The van der Waals surface area contributed by atoms with E-state index < -0.39 is 0 Å². The Morgan fingerprint density at radius 1 is 1.27 bits per heavy atom. The van der Waals surface area contributed by atoms with Crippen molar-refractivity contribution in [3.63, 3.8) is 0 Å². The molecule has 0 saturated carbocycles. The van der Waals surface area contributed by atoms with Crippen molar-refractivity contribution in [3.05, 3.63) is 29.5 Å². The number of rotatable bonds is 1. The van der Waals surface area contributed by atoms with Gasteiger partial charge in [0.25, 0.3) is 6.01 Å². The minimum absolute atomic E-state index is 0.147. The van der Waals surface area contributed by atoms with Crippen molar-refractivity contribution in [3.8, 4) is 17.1 Å². The fourth-order valence-electron chi connectivity index (χ4n) is 1.52. The van der Waals surface area contributed by atoms with Gasteiger partial charge in [0, 0.05) is 5.56 Å². The number of nitrogen functional groups attached to an aromatic ring is 1. The third-order valence-electron chi connectivity index (χ3n) is 2.30. The number of nitrogens with two attached hydrogens (primary N) is 1. The SMILES string of the molecule is Cc1cc(-c2cnc(N)o2)cc(C)c1O. The van der Waals surface area contributed by atoms with E-state index in [2.05, 4.69) is 4.98 Å². The highest BCUT2D eigenvalue weighted by molar-refractivity contribution is 5.62. The van der Waals surface area contributed by atoms with Crippen LogP contribution < -0.4 is 5.73 Å². The lowest BCUT2D eigenvalue weighted by Crippen LogP contribution is -1.83. The molecule has 0 saturated heterocycles. The van der Waals surface area contributed by atoms with Gasteiger partial charge in [-0.1, -0.05) is 0 Å². The highest BCUT2D eigenvalue weighted by atomic mass is 16.4. The third kappa shape index (κ3) is 1.66. The normalized spacial score (nSPS) is 10.5. The molecule has 0 bridgehead atoms. The maximum absolute atomic E-state index is 9.61. The van der Waals surface area contributed by atoms with Crippen molar-refractivity contribution in [2.75, 3.05) is 5.73 Å². The largest absolute Gasteiger partial charge is 0.507 e. The maximum atomic E-state index is 9.61. The Hall–Kier alpha value is -1.97. The fraction of sp³-hybridized carbons (Fsp3) is 0.182. The zero-order valence-electron chi connectivity index (χ0n) is 8.61. The van der Waals surface area contributed by atoms with E-state index in [1.807, 2.05) is 26.0 Å². The van der Waals surface area contributed by atoms with Gasteiger partial charge in [-0.2, -0.15) is 0 Å². The predicted octanol–water partition coefficient (Wildman–Crippen LogP) is 2.25. The van der Waals surface area contributed by atoms with Crippen molar-refractivity contribution in [1.82, 2.24) is 4.98 Å². The van der Waals surface area contributed by atoms with Crippen LogP contribution in [0.5, 0.6) is 5.75 Å². The van der Waals surface area contributed by atoms with Crippen molar-refractivity contribution in [2.45, 2.75) is 13.8 Å². The summed E-state index contributed by atoms with van der Waals surface area (Å²) in [5.74, 6) is 0.921. The number of phenolic OH excluding ortho intramolecular Hbond substituents is 1. The lowest BCUT2D eigenvalue weighted by atomic mass is 10.0. The van der Waals surface area contributed by atoms with Gasteiger partial charge in [-0.05, 0) is 37.1 Å². The molecular formula is C11H12N2O2. The molecule has 1 heterocycles. The van der Waals surface area contributed by atoms with Gasteiger partial charge in [-0.15, -0.1) is 0 Å². The number of aromatic hydroxyl groups is 1. The molecule has 15 heavy (non-hydrogen) atoms. The standard InChI is InChI=1S/C11H12N2O2/c1-6-3-8(4-7(2)10(6)14)9-5-13-11(12)15-9/h3-5,14H,1-2H3,(H2,12,13). The summed E-state index contributed by atoms with van der Waals surface area (Å²) in [5.41, 5.74) is 7.87. The zero-order chi connectivity index (χ0) is 11.0. The molecule has 0 unspecified atom stereocenters. The van der Waals surface area contributed by atoms with Gasteiger partial charge in [0.1, 0.15) is 5.75 Å². The highest BCUT2D eigenvalue weighted by Crippen LogP contribution is 2.29. The van der Waals surface area contributed by atoms with Crippen LogP contribution in [0, 0.1) is 13.8 Å². The number of phenols is 1. The quantitative estimate of drug-likeness (QED) is 0.747. The minimum atomic E-state index is 0.147. The number of nitrogens with zero attached hydrogens (tertiary/aromatic N) is 1. The van der Waals surface area contributed by atoms with Crippen LogP contribution in [-0.2, 0) is 0 Å². The Balaban J connectivity index is 2.55. The van der Waals surface area contributed by atoms with Gasteiger partial charge in [-0.25, -0.2) is 4.98 Å². The molecule has 2 rings (SSSR count). The van der Waals surface area contributed by atoms with Crippen LogP contribution in [0.1, 0.15) is 11.1 Å². The number of oxazole rings is 1. The Morgan fingerprint density at radius 3 is 2.33 bits per heavy atom. The molecule has 0 radical (unpaired) electrons. The van der Waals surface area contributed by atoms with Crippen LogP contribution in [0.4, 0.5) is 6.01 Å². The van der Waals surface area contributed by atoms with Crippen molar-refractivity contribution in [2.24, 2.45) is 0 Å². The predicted molar refractivity (Wildman–Crippen MR) is 57.5 cm³/mol. The number of anilines is 1. The molecule has 4 heteroatoms. The first-order chi connectivity index (χ1) is 7.08. The average Bonchev–Trinajstić information content (AvgIpc) is 2.60. The van der Waals surface area contributed by atoms with Gasteiger partial charge in [0.2, 0.25) is 0 Å². The summed E-state index contributed by atoms with van der Waals surface area (Å²) in [7, 11) is 0. The number of hydrogen-bond acceptors (Lipinski definition) is 4. The number of aromatic nitrogens is 1. The fourth-order valence-corrected chi connectivity index (χ4v) is 1.52. The van der Waals surface area contributed by atoms with Crippen LogP contribution in [0.3, 0.4) is 0 Å². The molecule has 3 N–H and O–H groups in total. The summed E-state index contributed by atoms with van der Waals surface area (Å²) < 4.78 is 5.20. The van der Waals surface area contributed by atoms with Crippen LogP contribution in [0.25, 0.3) is 11.3 Å². The van der Waals surface area contributed by atoms with Crippen molar-refractivity contribution < 1.29 is 9.52 Å². The first-order valence-electron chi connectivity index (χ1n) is 4.60. The Bertz CT molecular complexity index is 480. The summed E-state index contributed by atoms with van der Waals surface area (Å²) in [5, 5.41) is 9.61. The van der Waals surface area contributed by atoms with Crippen LogP contribution in [0.15, 0.2) is 22.7 Å². The molecule has 1 aromatic carbocycles. The van der Waals surface area contributed by atoms with Crippen LogP contribution in [-0.4, -0.2) is 10.1 Å². The van der Waals surface area contributed by atoms with E-state index in [0.717, 1.165) is 16.7 Å². The third-order valence-corrected chi connectivity index (χ3v) is 2.30. The molecule has 1 aromatic heterocycles. The molecule has 0 atom stereocenters. The van der Waals surface area contributed by atoms with Gasteiger partial charge in [-0.3, -0.25) is 0 Å². The molecule has 78 valence electrons. The number of benzene rings is 1. The van der Waals surface area contributed by atoms with E-state index in [1.165, 1.54) is 0 Å². The monoisotopic (exact) mass is 204 g/mol. The molecule has 0 aliphatic heterocycles. The summed E-state index contributed by atoms with van der Waals surface area (Å²) in [6.45, 7) is 3.68.